The molecule has 0 spiro atoms. The van der Waals surface area contributed by atoms with Crippen LogP contribution in [0.1, 0.15) is 48.5 Å². The van der Waals surface area contributed by atoms with Crippen LogP contribution in [0.5, 0.6) is 0 Å². The van der Waals surface area contributed by atoms with Gasteiger partial charge in [-0.05, 0) is 54.6 Å². The molecule has 0 aromatic rings. The number of carboxylic acids is 1. The Morgan fingerprint density at radius 2 is 1.65 bits per heavy atom. The highest BCUT2D eigenvalue weighted by atomic mass is 16.4. The van der Waals surface area contributed by atoms with E-state index in [0.29, 0.717) is 17.5 Å². The number of carbonyl (C=O) groups is 2. The van der Waals surface area contributed by atoms with Gasteiger partial charge < -0.3 is 15.3 Å². The molecule has 0 aromatic heterocycles. The molecular weight excluding hydrogens is 294 g/mol. The molecule has 0 fully saturated rings. The second kappa shape index (κ2) is 8.24. The van der Waals surface area contributed by atoms with Crippen molar-refractivity contribution in [3.8, 4) is 0 Å². The molecule has 1 aliphatic heterocycles. The van der Waals surface area contributed by atoms with E-state index >= 15 is 0 Å². The highest BCUT2D eigenvalue weighted by Gasteiger charge is 2.42. The molecular formula is C17H31N3O3. The number of hydrogen-bond donors (Lipinski definition) is 2. The molecule has 1 unspecified atom stereocenters. The smallest absolute Gasteiger partial charge is 0.331 e. The van der Waals surface area contributed by atoms with Crippen LogP contribution in [0.2, 0.25) is 0 Å². The maximum absolute atomic E-state index is 11.8. The Hall–Kier alpha value is -1.69. The van der Waals surface area contributed by atoms with E-state index in [1.54, 1.807) is 13.8 Å². The van der Waals surface area contributed by atoms with Crippen LogP contribution in [0.25, 0.3) is 0 Å². The summed E-state index contributed by atoms with van der Waals surface area (Å²) in [5.41, 5.74) is -0.123. The highest BCUT2D eigenvalue weighted by molar-refractivity contribution is 6.16. The van der Waals surface area contributed by atoms with E-state index in [0.717, 1.165) is 0 Å². The van der Waals surface area contributed by atoms with Gasteiger partial charge in [-0.3, -0.25) is 9.79 Å². The van der Waals surface area contributed by atoms with E-state index in [1.165, 1.54) is 6.92 Å². The SMILES string of the molecule is CC(C(=O)O)=C(C)C1=NC(C)(C(C)C)C(=O)N1.CC(C)N(C)C. The second-order valence-electron chi connectivity index (χ2n) is 6.83. The average Bonchev–Trinajstić information content (AvgIpc) is 2.75. The molecule has 23 heavy (non-hydrogen) atoms. The van der Waals surface area contributed by atoms with Gasteiger partial charge >= 0.3 is 5.97 Å². The maximum atomic E-state index is 11.8. The summed E-state index contributed by atoms with van der Waals surface area (Å²) in [6.45, 7) is 13.1. The number of amidine groups is 1. The summed E-state index contributed by atoms with van der Waals surface area (Å²) in [5, 5.41) is 11.5. The van der Waals surface area contributed by atoms with Crippen LogP contribution in [0.4, 0.5) is 0 Å². The van der Waals surface area contributed by atoms with Gasteiger partial charge in [-0.2, -0.15) is 0 Å². The number of nitrogens with zero attached hydrogens (tertiary/aromatic N) is 2. The zero-order chi connectivity index (χ0) is 18.5. The Labute approximate surface area is 139 Å². The number of carbonyl (C=O) groups excluding carboxylic acids is 1. The molecule has 1 aliphatic rings. The fraction of sp³-hybridized carbons (Fsp3) is 0.706. The predicted octanol–water partition coefficient (Wildman–Crippen LogP) is 2.31. The molecule has 6 heteroatoms. The second-order valence-corrected chi connectivity index (χ2v) is 6.83. The van der Waals surface area contributed by atoms with E-state index in [4.69, 9.17) is 5.11 Å². The Morgan fingerprint density at radius 1 is 1.22 bits per heavy atom. The van der Waals surface area contributed by atoms with Gasteiger partial charge in [-0.1, -0.05) is 13.8 Å². The zero-order valence-corrected chi connectivity index (χ0v) is 15.8. The van der Waals surface area contributed by atoms with Crippen LogP contribution in [-0.4, -0.2) is 53.4 Å². The van der Waals surface area contributed by atoms with E-state index in [-0.39, 0.29) is 17.4 Å². The van der Waals surface area contributed by atoms with Gasteiger partial charge in [0.05, 0.1) is 0 Å². The van der Waals surface area contributed by atoms with Crippen LogP contribution < -0.4 is 5.32 Å². The summed E-state index contributed by atoms with van der Waals surface area (Å²) >= 11 is 0. The topological polar surface area (TPSA) is 82.0 Å². The van der Waals surface area contributed by atoms with Gasteiger partial charge in [-0.25, -0.2) is 4.79 Å². The van der Waals surface area contributed by atoms with E-state index < -0.39 is 11.5 Å². The summed E-state index contributed by atoms with van der Waals surface area (Å²) in [5.74, 6) is -0.762. The number of amides is 1. The van der Waals surface area contributed by atoms with Gasteiger partial charge in [0.15, 0.2) is 0 Å². The monoisotopic (exact) mass is 325 g/mol. The lowest BCUT2D eigenvalue weighted by molar-refractivity contribution is -0.132. The van der Waals surface area contributed by atoms with Crippen molar-refractivity contribution in [2.75, 3.05) is 14.1 Å². The molecule has 1 rings (SSSR count). The van der Waals surface area contributed by atoms with Crippen LogP contribution >= 0.6 is 0 Å². The number of hydrogen-bond acceptors (Lipinski definition) is 4. The third-order valence-electron chi connectivity index (χ3n) is 4.43. The van der Waals surface area contributed by atoms with Gasteiger partial charge in [0.25, 0.3) is 5.91 Å². The van der Waals surface area contributed by atoms with Gasteiger partial charge in [0, 0.05) is 17.2 Å². The molecule has 1 atom stereocenters. The van der Waals surface area contributed by atoms with E-state index in [2.05, 4.69) is 43.2 Å². The summed E-state index contributed by atoms with van der Waals surface area (Å²) in [6, 6.07) is 0.685. The first kappa shape index (κ1) is 21.3. The lowest BCUT2D eigenvalue weighted by atomic mass is 9.89. The first-order valence-electron chi connectivity index (χ1n) is 7.83. The fourth-order valence-corrected chi connectivity index (χ4v) is 1.45. The third-order valence-corrected chi connectivity index (χ3v) is 4.43. The van der Waals surface area contributed by atoms with Crippen molar-refractivity contribution < 1.29 is 14.7 Å². The standard InChI is InChI=1S/C12H18N2O3.C5H13N/c1-6(2)12(5)11(17)13-9(14-12)7(3)8(4)10(15)16;1-5(2)6(3)4/h6H,1-5H3,(H,15,16)(H,13,14,17);5H,1-4H3. The molecule has 6 nitrogen and oxygen atoms in total. The first-order valence-corrected chi connectivity index (χ1v) is 7.83. The van der Waals surface area contributed by atoms with E-state index in [1.807, 2.05) is 13.8 Å². The average molecular weight is 325 g/mol. The van der Waals surface area contributed by atoms with Gasteiger partial charge in [-0.15, -0.1) is 0 Å². The molecule has 2 N–H and O–H groups in total. The lowest BCUT2D eigenvalue weighted by Gasteiger charge is -2.21. The third kappa shape index (κ3) is 5.46. The normalized spacial score (nSPS) is 21.7. The fourth-order valence-electron chi connectivity index (χ4n) is 1.45. The summed E-state index contributed by atoms with van der Waals surface area (Å²) < 4.78 is 0. The minimum absolute atomic E-state index is 0.0536. The lowest BCUT2D eigenvalue weighted by Crippen LogP contribution is -2.41. The highest BCUT2D eigenvalue weighted by Crippen LogP contribution is 2.27. The number of rotatable bonds is 4. The molecule has 132 valence electrons. The summed E-state index contributed by atoms with van der Waals surface area (Å²) in [4.78, 5) is 29.2. The quantitative estimate of drug-likeness (QED) is 0.777. The van der Waals surface area contributed by atoms with Crippen LogP contribution in [0.15, 0.2) is 16.1 Å². The molecule has 1 heterocycles. The first-order chi connectivity index (χ1) is 10.3. The molecule has 0 bridgehead atoms. The Balaban J connectivity index is 0.000000688. The van der Waals surface area contributed by atoms with Crippen molar-refractivity contribution in [2.45, 2.75) is 60.0 Å². The molecule has 0 aromatic carbocycles. The predicted molar refractivity (Wildman–Crippen MR) is 93.7 cm³/mol. The van der Waals surface area contributed by atoms with Crippen molar-refractivity contribution >= 4 is 17.7 Å². The molecule has 0 aliphatic carbocycles. The van der Waals surface area contributed by atoms with Crippen molar-refractivity contribution in [2.24, 2.45) is 10.9 Å². The minimum Gasteiger partial charge on any atom is -0.478 e. The summed E-state index contributed by atoms with van der Waals surface area (Å²) in [7, 11) is 4.15. The van der Waals surface area contributed by atoms with Crippen molar-refractivity contribution in [1.82, 2.24) is 10.2 Å². The Morgan fingerprint density at radius 3 is 1.91 bits per heavy atom. The van der Waals surface area contributed by atoms with Crippen molar-refractivity contribution in [3.63, 3.8) is 0 Å². The van der Waals surface area contributed by atoms with Crippen molar-refractivity contribution in [3.05, 3.63) is 11.1 Å². The summed E-state index contributed by atoms with van der Waals surface area (Å²) in [6.07, 6.45) is 0. The van der Waals surface area contributed by atoms with E-state index in [9.17, 15) is 9.59 Å². The van der Waals surface area contributed by atoms with Crippen LogP contribution in [-0.2, 0) is 9.59 Å². The maximum Gasteiger partial charge on any atom is 0.331 e. The zero-order valence-electron chi connectivity index (χ0n) is 15.8. The number of aliphatic imine (C=N–C) groups is 1. The molecule has 1 amide bonds. The Kier molecular flexibility index (Phi) is 7.64. The van der Waals surface area contributed by atoms with Gasteiger partial charge in [0.1, 0.15) is 11.4 Å². The Bertz CT molecular complexity index is 513. The largest absolute Gasteiger partial charge is 0.478 e. The van der Waals surface area contributed by atoms with Gasteiger partial charge in [0.2, 0.25) is 0 Å². The number of nitrogens with one attached hydrogen (secondary N) is 1. The van der Waals surface area contributed by atoms with Crippen LogP contribution in [0.3, 0.4) is 0 Å². The molecule has 0 saturated heterocycles. The van der Waals surface area contributed by atoms with Crippen molar-refractivity contribution in [1.29, 1.82) is 0 Å². The number of aliphatic carboxylic acids is 1. The van der Waals surface area contributed by atoms with Crippen LogP contribution in [0, 0.1) is 5.92 Å². The molecule has 0 saturated carbocycles. The molecule has 0 radical (unpaired) electrons. The number of carboxylic acid groups (broad SMARTS) is 1. The minimum atomic E-state index is -1.00.